The van der Waals surface area contributed by atoms with Gasteiger partial charge in [-0.15, -0.1) is 0 Å². The number of nitrogens with zero attached hydrogens (tertiary/aromatic N) is 1. The molecule has 24 heavy (non-hydrogen) atoms. The molecule has 2 aromatic heterocycles. The normalized spacial score (nSPS) is 11.9. The van der Waals surface area contributed by atoms with E-state index in [1.54, 1.807) is 16.8 Å². The summed E-state index contributed by atoms with van der Waals surface area (Å²) in [5, 5.41) is 22.8. The molecule has 0 saturated heterocycles. The van der Waals surface area contributed by atoms with Gasteiger partial charge >= 0.3 is 11.9 Å². The third kappa shape index (κ3) is 3.65. The van der Waals surface area contributed by atoms with Gasteiger partial charge in [-0.05, 0) is 35.4 Å². The van der Waals surface area contributed by atoms with E-state index in [0.717, 1.165) is 4.57 Å². The van der Waals surface area contributed by atoms with Crippen molar-refractivity contribution >= 4 is 23.3 Å². The van der Waals surface area contributed by atoms with Gasteiger partial charge in [0.15, 0.2) is 0 Å². The Labute approximate surface area is 141 Å². The van der Waals surface area contributed by atoms with Gasteiger partial charge in [0, 0.05) is 11.6 Å². The first kappa shape index (κ1) is 17.7. The van der Waals surface area contributed by atoms with Crippen molar-refractivity contribution in [2.75, 3.05) is 7.11 Å². The molecule has 0 aliphatic rings. The van der Waals surface area contributed by atoms with Crippen LogP contribution in [0.1, 0.15) is 29.2 Å². The molecule has 2 rings (SSSR count). The largest absolute Gasteiger partial charge is 0.507 e. The smallest absolute Gasteiger partial charge is 0.323 e. The second kappa shape index (κ2) is 7.31. The summed E-state index contributed by atoms with van der Waals surface area (Å²) in [7, 11) is 1.24. The lowest BCUT2D eigenvalue weighted by atomic mass is 9.90. The number of methoxy groups -OCH3 is 1. The van der Waals surface area contributed by atoms with Crippen molar-refractivity contribution in [2.24, 2.45) is 0 Å². The molecular weight excluding hydrogens is 334 g/mol. The molecule has 7 nitrogen and oxygen atoms in total. The number of carboxylic acid groups (broad SMARTS) is 1. The fraction of sp³-hybridized carbons (Fsp3) is 0.312. The van der Waals surface area contributed by atoms with Crippen LogP contribution in [-0.4, -0.2) is 33.8 Å². The van der Waals surface area contributed by atoms with Crippen LogP contribution in [0.5, 0.6) is 5.75 Å². The van der Waals surface area contributed by atoms with Crippen molar-refractivity contribution in [3.05, 3.63) is 50.1 Å². The Bertz CT molecular complexity index is 809. The molecule has 0 aliphatic carbocycles. The number of pyridine rings is 1. The zero-order chi connectivity index (χ0) is 17.9. The first-order valence-electron chi connectivity index (χ1n) is 7.09. The molecule has 1 unspecified atom stereocenters. The lowest BCUT2D eigenvalue weighted by Gasteiger charge is -2.18. The number of rotatable bonds is 6. The Morgan fingerprint density at radius 3 is 2.67 bits per heavy atom. The van der Waals surface area contributed by atoms with E-state index < -0.39 is 30.0 Å². The maximum absolute atomic E-state index is 12.7. The van der Waals surface area contributed by atoms with Crippen molar-refractivity contribution in [1.82, 2.24) is 4.57 Å². The number of thiophene rings is 1. The lowest BCUT2D eigenvalue weighted by Crippen LogP contribution is -2.30. The van der Waals surface area contributed by atoms with Crippen molar-refractivity contribution in [1.29, 1.82) is 0 Å². The van der Waals surface area contributed by atoms with Crippen molar-refractivity contribution in [3.8, 4) is 5.75 Å². The van der Waals surface area contributed by atoms with E-state index in [2.05, 4.69) is 4.74 Å². The van der Waals surface area contributed by atoms with Crippen LogP contribution >= 0.6 is 11.3 Å². The zero-order valence-electron chi connectivity index (χ0n) is 13.2. The van der Waals surface area contributed by atoms with Crippen molar-refractivity contribution < 1.29 is 24.5 Å². The van der Waals surface area contributed by atoms with Gasteiger partial charge in [-0.2, -0.15) is 11.3 Å². The van der Waals surface area contributed by atoms with Crippen LogP contribution in [0.15, 0.2) is 27.7 Å². The number of aromatic nitrogens is 1. The summed E-state index contributed by atoms with van der Waals surface area (Å²) in [6.45, 7) is 1.01. The highest BCUT2D eigenvalue weighted by Gasteiger charge is 2.27. The van der Waals surface area contributed by atoms with Gasteiger partial charge in [0.25, 0.3) is 5.56 Å². The SMILES string of the molecule is COC(=O)CC(c1ccsc1)c1c(O)cc(C)n(CC(=O)O)c1=O. The molecule has 0 bridgehead atoms. The van der Waals surface area contributed by atoms with Gasteiger partial charge in [0.05, 0.1) is 19.1 Å². The Balaban J connectivity index is 2.63. The molecule has 0 amide bonds. The van der Waals surface area contributed by atoms with E-state index >= 15 is 0 Å². The number of aryl methyl sites for hydroxylation is 1. The maximum atomic E-state index is 12.7. The molecular formula is C16H17NO6S. The van der Waals surface area contributed by atoms with Crippen LogP contribution in [0.3, 0.4) is 0 Å². The number of hydrogen-bond acceptors (Lipinski definition) is 6. The maximum Gasteiger partial charge on any atom is 0.323 e. The van der Waals surface area contributed by atoms with Gasteiger partial charge in [-0.25, -0.2) is 0 Å². The predicted molar refractivity (Wildman–Crippen MR) is 87.5 cm³/mol. The van der Waals surface area contributed by atoms with E-state index in [-0.39, 0.29) is 17.7 Å². The predicted octanol–water partition coefficient (Wildman–Crippen LogP) is 1.70. The number of esters is 1. The number of carbonyl (C=O) groups is 2. The Hall–Kier alpha value is -2.61. The molecule has 0 spiro atoms. The summed E-state index contributed by atoms with van der Waals surface area (Å²) in [5.74, 6) is -2.68. The van der Waals surface area contributed by atoms with E-state index in [1.807, 2.05) is 0 Å². The summed E-state index contributed by atoms with van der Waals surface area (Å²) < 4.78 is 5.74. The third-order valence-corrected chi connectivity index (χ3v) is 4.41. The minimum atomic E-state index is -1.17. The molecule has 0 aromatic carbocycles. The zero-order valence-corrected chi connectivity index (χ0v) is 14.0. The number of carboxylic acids is 1. The lowest BCUT2D eigenvalue weighted by molar-refractivity contribution is -0.141. The number of carbonyl (C=O) groups excluding carboxylic acids is 1. The van der Waals surface area contributed by atoms with Gasteiger partial charge < -0.3 is 19.5 Å². The van der Waals surface area contributed by atoms with Crippen LogP contribution < -0.4 is 5.56 Å². The summed E-state index contributed by atoms with van der Waals surface area (Å²) in [4.78, 5) is 35.5. The van der Waals surface area contributed by atoms with E-state index in [9.17, 15) is 19.5 Å². The molecule has 0 saturated carbocycles. The number of ether oxygens (including phenoxy) is 1. The summed E-state index contributed by atoms with van der Waals surface area (Å²) in [5.41, 5.74) is 0.370. The topological polar surface area (TPSA) is 106 Å². The minimum absolute atomic E-state index is 0.00866. The Morgan fingerprint density at radius 1 is 1.42 bits per heavy atom. The average molecular weight is 351 g/mol. The second-order valence-electron chi connectivity index (χ2n) is 5.26. The van der Waals surface area contributed by atoms with Gasteiger partial charge in [0.1, 0.15) is 12.3 Å². The van der Waals surface area contributed by atoms with Crippen molar-refractivity contribution in [3.63, 3.8) is 0 Å². The molecule has 2 N–H and O–H groups in total. The summed E-state index contributed by atoms with van der Waals surface area (Å²) in [6, 6.07) is 3.08. The number of hydrogen-bond donors (Lipinski definition) is 2. The molecule has 0 radical (unpaired) electrons. The van der Waals surface area contributed by atoms with Crippen LogP contribution in [-0.2, 0) is 20.9 Å². The van der Waals surface area contributed by atoms with Gasteiger partial charge in [-0.1, -0.05) is 0 Å². The average Bonchev–Trinajstić information content (AvgIpc) is 3.04. The highest BCUT2D eigenvalue weighted by molar-refractivity contribution is 7.08. The first-order valence-corrected chi connectivity index (χ1v) is 8.03. The van der Waals surface area contributed by atoms with E-state index in [1.165, 1.54) is 31.4 Å². The monoisotopic (exact) mass is 351 g/mol. The van der Waals surface area contributed by atoms with Gasteiger partial charge in [-0.3, -0.25) is 14.4 Å². The highest BCUT2D eigenvalue weighted by atomic mass is 32.1. The standard InChI is InChI=1S/C16H17NO6S/c1-9-5-12(18)15(16(22)17(9)7-13(19)20)11(6-14(21)23-2)10-3-4-24-8-10/h3-5,8,11,18H,6-7H2,1-2H3,(H,19,20). The molecule has 0 fully saturated rings. The Kier molecular flexibility index (Phi) is 5.40. The van der Waals surface area contributed by atoms with Crippen LogP contribution in [0.4, 0.5) is 0 Å². The highest BCUT2D eigenvalue weighted by Crippen LogP contribution is 2.33. The number of aliphatic carboxylic acids is 1. The van der Waals surface area contributed by atoms with E-state index in [4.69, 9.17) is 5.11 Å². The quantitative estimate of drug-likeness (QED) is 0.768. The van der Waals surface area contributed by atoms with Crippen LogP contribution in [0.2, 0.25) is 0 Å². The second-order valence-corrected chi connectivity index (χ2v) is 6.04. The summed E-state index contributed by atoms with van der Waals surface area (Å²) in [6.07, 6.45) is -0.133. The van der Waals surface area contributed by atoms with Crippen LogP contribution in [0, 0.1) is 6.92 Å². The molecule has 128 valence electrons. The third-order valence-electron chi connectivity index (χ3n) is 3.71. The van der Waals surface area contributed by atoms with Gasteiger partial charge in [0.2, 0.25) is 0 Å². The van der Waals surface area contributed by atoms with E-state index in [0.29, 0.717) is 11.3 Å². The Morgan fingerprint density at radius 2 is 2.12 bits per heavy atom. The molecule has 8 heteroatoms. The first-order chi connectivity index (χ1) is 11.3. The summed E-state index contributed by atoms with van der Waals surface area (Å²) >= 11 is 1.39. The van der Waals surface area contributed by atoms with Crippen LogP contribution in [0.25, 0.3) is 0 Å². The molecule has 2 aromatic rings. The molecule has 2 heterocycles. The molecule has 0 aliphatic heterocycles. The number of aromatic hydroxyl groups is 1. The fourth-order valence-corrected chi connectivity index (χ4v) is 3.25. The fourth-order valence-electron chi connectivity index (χ4n) is 2.54. The minimum Gasteiger partial charge on any atom is -0.507 e. The van der Waals surface area contributed by atoms with Crippen molar-refractivity contribution in [2.45, 2.75) is 25.8 Å². The molecule has 1 atom stereocenters.